The molecule has 0 fully saturated rings. The van der Waals surface area contributed by atoms with Gasteiger partial charge < -0.3 is 5.32 Å². The Kier molecular flexibility index (Phi) is 5.71. The van der Waals surface area contributed by atoms with Gasteiger partial charge in [-0.15, -0.1) is 11.8 Å². The zero-order chi connectivity index (χ0) is 15.2. The maximum atomic E-state index is 12.3. The fourth-order valence-corrected chi connectivity index (χ4v) is 2.69. The van der Waals surface area contributed by atoms with Crippen LogP contribution >= 0.6 is 23.4 Å². The van der Waals surface area contributed by atoms with Crippen molar-refractivity contribution in [1.82, 2.24) is 5.32 Å². The summed E-state index contributed by atoms with van der Waals surface area (Å²) in [5.41, 5.74) is 1.74. The zero-order valence-corrected chi connectivity index (χ0v) is 13.7. The van der Waals surface area contributed by atoms with Gasteiger partial charge in [-0.05, 0) is 35.9 Å². The summed E-state index contributed by atoms with van der Waals surface area (Å²) in [7, 11) is 0. The van der Waals surface area contributed by atoms with Gasteiger partial charge in [-0.1, -0.05) is 48.9 Å². The van der Waals surface area contributed by atoms with E-state index in [1.165, 1.54) is 5.56 Å². The molecule has 2 rings (SSSR count). The lowest BCUT2D eigenvalue weighted by molar-refractivity contribution is 0.0951. The van der Waals surface area contributed by atoms with Crippen LogP contribution in [0.15, 0.2) is 53.4 Å². The third-order valence-electron chi connectivity index (χ3n) is 3.36. The summed E-state index contributed by atoms with van der Waals surface area (Å²) < 4.78 is 0. The lowest BCUT2D eigenvalue weighted by atomic mass is 10.0. The van der Waals surface area contributed by atoms with Crippen molar-refractivity contribution in [2.45, 2.75) is 17.7 Å². The average Bonchev–Trinajstić information content (AvgIpc) is 2.53. The second kappa shape index (κ2) is 7.53. The Balaban J connectivity index is 2.02. The van der Waals surface area contributed by atoms with Gasteiger partial charge in [0.15, 0.2) is 0 Å². The lowest BCUT2D eigenvalue weighted by Crippen LogP contribution is -2.27. The molecule has 1 amide bonds. The van der Waals surface area contributed by atoms with Crippen LogP contribution in [0.3, 0.4) is 0 Å². The molecular formula is C17H18ClNOS. The van der Waals surface area contributed by atoms with Gasteiger partial charge in [0.2, 0.25) is 0 Å². The van der Waals surface area contributed by atoms with Gasteiger partial charge in [-0.2, -0.15) is 0 Å². The van der Waals surface area contributed by atoms with Crippen LogP contribution in [0, 0.1) is 0 Å². The van der Waals surface area contributed by atoms with Crippen molar-refractivity contribution in [1.29, 1.82) is 0 Å². The normalized spacial score (nSPS) is 12.0. The van der Waals surface area contributed by atoms with Crippen molar-refractivity contribution < 1.29 is 4.79 Å². The Morgan fingerprint density at radius 3 is 2.62 bits per heavy atom. The van der Waals surface area contributed by atoms with Gasteiger partial charge in [0.05, 0.1) is 10.6 Å². The molecule has 0 spiro atoms. The van der Waals surface area contributed by atoms with Crippen molar-refractivity contribution >= 4 is 29.3 Å². The highest BCUT2D eigenvalue weighted by Crippen LogP contribution is 2.23. The number of amides is 1. The molecular weight excluding hydrogens is 302 g/mol. The van der Waals surface area contributed by atoms with Gasteiger partial charge in [0, 0.05) is 11.4 Å². The van der Waals surface area contributed by atoms with Crippen LogP contribution in [0.2, 0.25) is 5.02 Å². The molecule has 0 aliphatic heterocycles. The van der Waals surface area contributed by atoms with Crippen molar-refractivity contribution in [2.75, 3.05) is 12.8 Å². The van der Waals surface area contributed by atoms with Gasteiger partial charge >= 0.3 is 0 Å². The molecule has 2 aromatic carbocycles. The first-order valence-electron chi connectivity index (χ1n) is 6.78. The SMILES string of the molecule is CSc1ccc(Cl)c(C(=O)NCC(C)c2ccccc2)c1. The third kappa shape index (κ3) is 4.26. The number of rotatable bonds is 5. The van der Waals surface area contributed by atoms with Crippen molar-refractivity contribution in [3.05, 3.63) is 64.7 Å². The summed E-state index contributed by atoms with van der Waals surface area (Å²) >= 11 is 7.70. The van der Waals surface area contributed by atoms with Crippen molar-refractivity contribution in [2.24, 2.45) is 0 Å². The van der Waals surface area contributed by atoms with E-state index in [1.807, 2.05) is 36.6 Å². The molecule has 0 aliphatic rings. The lowest BCUT2D eigenvalue weighted by Gasteiger charge is -2.14. The summed E-state index contributed by atoms with van der Waals surface area (Å²) in [6.45, 7) is 2.68. The van der Waals surface area contributed by atoms with Gasteiger partial charge in [0.25, 0.3) is 5.91 Å². The van der Waals surface area contributed by atoms with Crippen molar-refractivity contribution in [3.8, 4) is 0 Å². The number of halogens is 1. The molecule has 0 bridgehead atoms. The molecule has 0 radical (unpaired) electrons. The molecule has 1 N–H and O–H groups in total. The summed E-state index contributed by atoms with van der Waals surface area (Å²) in [6.07, 6.45) is 1.97. The van der Waals surface area contributed by atoms with Crippen molar-refractivity contribution in [3.63, 3.8) is 0 Å². The molecule has 1 unspecified atom stereocenters. The summed E-state index contributed by atoms with van der Waals surface area (Å²) in [5.74, 6) is 0.135. The Bertz CT molecular complexity index is 615. The Morgan fingerprint density at radius 2 is 1.95 bits per heavy atom. The molecule has 2 nitrogen and oxygen atoms in total. The van der Waals surface area contributed by atoms with Crippen LogP contribution in [0.4, 0.5) is 0 Å². The van der Waals surface area contributed by atoms with Gasteiger partial charge in [-0.25, -0.2) is 0 Å². The van der Waals surface area contributed by atoms with E-state index in [4.69, 9.17) is 11.6 Å². The standard InChI is InChI=1S/C17H18ClNOS/c1-12(13-6-4-3-5-7-13)11-19-17(20)15-10-14(21-2)8-9-16(15)18/h3-10,12H,11H2,1-2H3,(H,19,20). The quantitative estimate of drug-likeness (QED) is 0.816. The van der Waals surface area contributed by atoms with E-state index in [0.717, 1.165) is 4.90 Å². The number of hydrogen-bond donors (Lipinski definition) is 1. The monoisotopic (exact) mass is 319 g/mol. The molecule has 0 heterocycles. The molecule has 4 heteroatoms. The molecule has 0 saturated heterocycles. The van der Waals surface area contributed by atoms with Crippen LogP contribution in [0.5, 0.6) is 0 Å². The number of hydrogen-bond acceptors (Lipinski definition) is 2. The minimum absolute atomic E-state index is 0.126. The van der Waals surface area contributed by atoms with Gasteiger partial charge in [-0.3, -0.25) is 4.79 Å². The predicted molar refractivity (Wildman–Crippen MR) is 90.4 cm³/mol. The van der Waals surface area contributed by atoms with Crippen LogP contribution in [-0.2, 0) is 0 Å². The molecule has 2 aromatic rings. The van der Waals surface area contributed by atoms with E-state index in [1.54, 1.807) is 17.8 Å². The molecule has 21 heavy (non-hydrogen) atoms. The number of carbonyl (C=O) groups is 1. The maximum Gasteiger partial charge on any atom is 0.252 e. The maximum absolute atomic E-state index is 12.3. The molecule has 1 atom stereocenters. The first-order valence-corrected chi connectivity index (χ1v) is 8.38. The number of nitrogens with one attached hydrogen (secondary N) is 1. The topological polar surface area (TPSA) is 29.1 Å². The zero-order valence-electron chi connectivity index (χ0n) is 12.1. The fraction of sp³-hybridized carbons (Fsp3) is 0.235. The molecule has 110 valence electrons. The summed E-state index contributed by atoms with van der Waals surface area (Å²) in [4.78, 5) is 13.3. The minimum Gasteiger partial charge on any atom is -0.351 e. The Morgan fingerprint density at radius 1 is 1.24 bits per heavy atom. The van der Waals surface area contributed by atoms with E-state index >= 15 is 0 Å². The van der Waals surface area contributed by atoms with E-state index in [9.17, 15) is 4.79 Å². The van der Waals surface area contributed by atoms with Crippen LogP contribution in [0.1, 0.15) is 28.8 Å². The smallest absolute Gasteiger partial charge is 0.252 e. The highest BCUT2D eigenvalue weighted by atomic mass is 35.5. The molecule has 0 saturated carbocycles. The highest BCUT2D eigenvalue weighted by Gasteiger charge is 2.13. The average molecular weight is 320 g/mol. The predicted octanol–water partition coefficient (Wildman–Crippen LogP) is 4.60. The first-order chi connectivity index (χ1) is 10.1. The van der Waals surface area contributed by atoms with Crippen LogP contribution in [-0.4, -0.2) is 18.7 Å². The van der Waals surface area contributed by atoms with E-state index < -0.39 is 0 Å². The van der Waals surface area contributed by atoms with E-state index in [-0.39, 0.29) is 11.8 Å². The largest absolute Gasteiger partial charge is 0.351 e. The third-order valence-corrected chi connectivity index (χ3v) is 4.41. The number of benzene rings is 2. The summed E-state index contributed by atoms with van der Waals surface area (Å²) in [6, 6.07) is 15.6. The summed E-state index contributed by atoms with van der Waals surface area (Å²) in [5, 5.41) is 3.44. The van der Waals surface area contributed by atoms with E-state index in [0.29, 0.717) is 17.1 Å². The Labute approximate surface area is 134 Å². The minimum atomic E-state index is -0.126. The van der Waals surface area contributed by atoms with E-state index in [2.05, 4.69) is 24.4 Å². The van der Waals surface area contributed by atoms with Crippen LogP contribution in [0.25, 0.3) is 0 Å². The van der Waals surface area contributed by atoms with Gasteiger partial charge in [0.1, 0.15) is 0 Å². The molecule has 0 aromatic heterocycles. The highest BCUT2D eigenvalue weighted by molar-refractivity contribution is 7.98. The first kappa shape index (κ1) is 15.9. The molecule has 0 aliphatic carbocycles. The second-order valence-corrected chi connectivity index (χ2v) is 6.15. The Hall–Kier alpha value is -1.45. The number of carbonyl (C=O) groups excluding carboxylic acids is 1. The van der Waals surface area contributed by atoms with Crippen LogP contribution < -0.4 is 5.32 Å². The fourth-order valence-electron chi connectivity index (χ4n) is 2.05. The number of thioether (sulfide) groups is 1. The second-order valence-electron chi connectivity index (χ2n) is 4.87.